The number of guanidine groups is 1. The van der Waals surface area contributed by atoms with Crippen LogP contribution in [0.1, 0.15) is 53.3 Å². The van der Waals surface area contributed by atoms with Gasteiger partial charge in [-0.2, -0.15) is 5.10 Å². The fourth-order valence-corrected chi connectivity index (χ4v) is 6.54. The minimum absolute atomic E-state index is 0. The molecule has 0 aliphatic heterocycles. The van der Waals surface area contributed by atoms with Crippen LogP contribution >= 0.6 is 35.8 Å². The number of hydrogen-bond acceptors (Lipinski definition) is 5. The van der Waals surface area contributed by atoms with Gasteiger partial charge >= 0.3 is 0 Å². The summed E-state index contributed by atoms with van der Waals surface area (Å²) in [6.07, 6.45) is 4.96. The Balaban J connectivity index is 0.00000461. The molecule has 1 heterocycles. The standard InChI is InChI=1S/C32H32ClF3N6OS.ClH/c1-38-31(37)41-39-14-4-5-19-15-26(35)24(27(36)16-19)18-44-32-40-28-7-3-6-23(20-8-13-25(33)29(17-20)43-2)30(28)42(32)22-11-9-21(34)10-12-22;/h8-17,23H,3-7,18H2,1-2H3,(H3,37,38,41);1H/b39-14+;. The van der Waals surface area contributed by atoms with Gasteiger partial charge < -0.3 is 10.5 Å². The minimum atomic E-state index is -0.624. The molecule has 0 bridgehead atoms. The molecule has 0 amide bonds. The lowest BCUT2D eigenvalue weighted by Gasteiger charge is -2.26. The van der Waals surface area contributed by atoms with Gasteiger partial charge in [-0.15, -0.1) is 12.4 Å². The molecule has 13 heteroatoms. The number of imidazole rings is 1. The number of aliphatic imine (C=N–C) groups is 1. The van der Waals surface area contributed by atoms with Gasteiger partial charge in [0.15, 0.2) is 5.16 Å². The van der Waals surface area contributed by atoms with Crippen molar-refractivity contribution < 1.29 is 17.9 Å². The Bertz CT molecular complexity index is 1670. The number of nitrogens with two attached hydrogens (primary N) is 1. The highest BCUT2D eigenvalue weighted by molar-refractivity contribution is 7.98. The molecule has 3 aromatic carbocycles. The van der Waals surface area contributed by atoms with Crippen molar-refractivity contribution in [2.24, 2.45) is 15.8 Å². The Morgan fingerprint density at radius 3 is 2.58 bits per heavy atom. The third kappa shape index (κ3) is 7.95. The summed E-state index contributed by atoms with van der Waals surface area (Å²) < 4.78 is 51.8. The predicted molar refractivity (Wildman–Crippen MR) is 177 cm³/mol. The Labute approximate surface area is 275 Å². The van der Waals surface area contributed by atoms with E-state index >= 15 is 8.78 Å². The molecule has 0 spiro atoms. The first-order chi connectivity index (χ1) is 21.3. The molecule has 0 saturated carbocycles. The normalized spacial score (nSPS) is 14.7. The van der Waals surface area contributed by atoms with E-state index < -0.39 is 11.6 Å². The van der Waals surface area contributed by atoms with Gasteiger partial charge in [-0.1, -0.05) is 29.4 Å². The first kappa shape index (κ1) is 34.2. The smallest absolute Gasteiger partial charge is 0.209 e. The van der Waals surface area contributed by atoms with Gasteiger partial charge in [0.2, 0.25) is 5.96 Å². The maximum atomic E-state index is 15.2. The molecule has 45 heavy (non-hydrogen) atoms. The molecular formula is C32H33Cl2F3N6OS. The van der Waals surface area contributed by atoms with Crippen LogP contribution in [0.15, 0.2) is 69.8 Å². The number of fused-ring (bicyclic) bond motifs is 1. The number of ether oxygens (including phenoxy) is 1. The molecule has 0 fully saturated rings. The van der Waals surface area contributed by atoms with Gasteiger partial charge in [-0.05, 0) is 91.8 Å². The summed E-state index contributed by atoms with van der Waals surface area (Å²) in [7, 11) is 3.11. The molecule has 4 aromatic rings. The molecule has 0 radical (unpaired) electrons. The van der Waals surface area contributed by atoms with E-state index in [1.54, 1.807) is 25.5 Å². The van der Waals surface area contributed by atoms with Crippen LogP contribution < -0.4 is 15.9 Å². The number of aromatic nitrogens is 2. The molecule has 7 nitrogen and oxygen atoms in total. The van der Waals surface area contributed by atoms with E-state index in [1.165, 1.54) is 43.1 Å². The summed E-state index contributed by atoms with van der Waals surface area (Å²) in [5.74, 6) is -0.873. The van der Waals surface area contributed by atoms with E-state index in [2.05, 4.69) is 15.5 Å². The number of halogens is 5. The first-order valence-corrected chi connectivity index (χ1v) is 15.5. The topological polar surface area (TPSA) is 89.8 Å². The molecule has 0 saturated heterocycles. The number of aryl methyl sites for hydroxylation is 2. The quantitative estimate of drug-likeness (QED) is 0.0782. The SMILES string of the molecule is CN=C(N)N/N=C/CCc1cc(F)c(CSc2nc3c(n2-c2ccc(F)cc2)C(c2ccc(Cl)c(OC)c2)CCC3)c(F)c1.Cl. The van der Waals surface area contributed by atoms with Crippen LogP contribution in [0.25, 0.3) is 5.69 Å². The van der Waals surface area contributed by atoms with Crippen molar-refractivity contribution in [3.05, 3.63) is 105 Å². The van der Waals surface area contributed by atoms with Crippen molar-refractivity contribution in [1.82, 2.24) is 15.0 Å². The maximum Gasteiger partial charge on any atom is 0.209 e. The van der Waals surface area contributed by atoms with Gasteiger partial charge in [0.05, 0.1) is 23.5 Å². The van der Waals surface area contributed by atoms with Crippen molar-refractivity contribution >= 4 is 47.9 Å². The molecule has 3 N–H and O–H groups in total. The molecule has 1 unspecified atom stereocenters. The number of benzene rings is 3. The van der Waals surface area contributed by atoms with Crippen LogP contribution in [0, 0.1) is 17.5 Å². The highest BCUT2D eigenvalue weighted by Crippen LogP contribution is 2.42. The number of thioether (sulfide) groups is 1. The van der Waals surface area contributed by atoms with E-state index in [9.17, 15) is 4.39 Å². The second-order valence-electron chi connectivity index (χ2n) is 10.3. The largest absolute Gasteiger partial charge is 0.495 e. The van der Waals surface area contributed by atoms with Crippen LogP contribution in [0.5, 0.6) is 5.75 Å². The van der Waals surface area contributed by atoms with Crippen LogP contribution in [-0.2, 0) is 18.6 Å². The number of methoxy groups -OCH3 is 1. The molecule has 1 aliphatic rings. The molecule has 1 aromatic heterocycles. The zero-order chi connectivity index (χ0) is 31.2. The summed E-state index contributed by atoms with van der Waals surface area (Å²) in [6, 6.07) is 14.6. The number of nitrogens with one attached hydrogen (secondary N) is 1. The average Bonchev–Trinajstić information content (AvgIpc) is 3.39. The van der Waals surface area contributed by atoms with E-state index in [4.69, 9.17) is 27.1 Å². The van der Waals surface area contributed by atoms with Crippen molar-refractivity contribution in [3.8, 4) is 11.4 Å². The van der Waals surface area contributed by atoms with Crippen molar-refractivity contribution in [3.63, 3.8) is 0 Å². The fourth-order valence-electron chi connectivity index (χ4n) is 5.29. The summed E-state index contributed by atoms with van der Waals surface area (Å²) in [4.78, 5) is 8.67. The maximum absolute atomic E-state index is 15.2. The Kier molecular flexibility index (Phi) is 11.8. The number of rotatable bonds is 10. The average molecular weight is 678 g/mol. The van der Waals surface area contributed by atoms with Gasteiger partial charge in [0, 0.05) is 36.2 Å². The minimum Gasteiger partial charge on any atom is -0.495 e. The second kappa shape index (κ2) is 15.6. The van der Waals surface area contributed by atoms with Gasteiger partial charge in [-0.25, -0.2) is 23.6 Å². The van der Waals surface area contributed by atoms with Gasteiger partial charge in [-0.3, -0.25) is 9.56 Å². The monoisotopic (exact) mass is 676 g/mol. The Morgan fingerprint density at radius 2 is 1.89 bits per heavy atom. The summed E-state index contributed by atoms with van der Waals surface area (Å²) in [5.41, 5.74) is 12.1. The Hall–Kier alpha value is -3.67. The summed E-state index contributed by atoms with van der Waals surface area (Å²) in [5, 5.41) is 5.02. The van der Waals surface area contributed by atoms with Crippen molar-refractivity contribution in [2.45, 2.75) is 48.9 Å². The zero-order valence-corrected chi connectivity index (χ0v) is 27.1. The number of hydrazone groups is 1. The number of nitrogens with zero attached hydrogens (tertiary/aromatic N) is 4. The van der Waals surface area contributed by atoms with Crippen LogP contribution in [0.2, 0.25) is 5.02 Å². The third-order valence-corrected chi connectivity index (χ3v) is 8.75. The van der Waals surface area contributed by atoms with Crippen molar-refractivity contribution in [2.75, 3.05) is 14.2 Å². The molecular weight excluding hydrogens is 644 g/mol. The first-order valence-electron chi connectivity index (χ1n) is 14.1. The van der Waals surface area contributed by atoms with Crippen LogP contribution in [0.3, 0.4) is 0 Å². The Morgan fingerprint density at radius 1 is 1.16 bits per heavy atom. The van der Waals surface area contributed by atoms with Crippen LogP contribution in [0.4, 0.5) is 13.2 Å². The predicted octanol–water partition coefficient (Wildman–Crippen LogP) is 7.59. The highest BCUT2D eigenvalue weighted by atomic mass is 35.5. The zero-order valence-electron chi connectivity index (χ0n) is 24.7. The highest BCUT2D eigenvalue weighted by Gasteiger charge is 2.31. The lowest BCUT2D eigenvalue weighted by molar-refractivity contribution is 0.414. The van der Waals surface area contributed by atoms with Gasteiger partial charge in [0.25, 0.3) is 0 Å². The molecule has 5 rings (SSSR count). The van der Waals surface area contributed by atoms with E-state index in [0.29, 0.717) is 34.3 Å². The number of hydrogen-bond donors (Lipinski definition) is 2. The van der Waals surface area contributed by atoms with Crippen molar-refractivity contribution in [1.29, 1.82) is 0 Å². The fraction of sp³-hybridized carbons (Fsp3) is 0.281. The lowest BCUT2D eigenvalue weighted by Crippen LogP contribution is -2.26. The summed E-state index contributed by atoms with van der Waals surface area (Å²) in [6.45, 7) is 0. The van der Waals surface area contributed by atoms with E-state index in [0.717, 1.165) is 41.9 Å². The van der Waals surface area contributed by atoms with E-state index in [1.807, 2.05) is 22.8 Å². The second-order valence-corrected chi connectivity index (χ2v) is 11.6. The van der Waals surface area contributed by atoms with Crippen LogP contribution in [-0.4, -0.2) is 35.9 Å². The molecule has 1 aliphatic carbocycles. The van der Waals surface area contributed by atoms with E-state index in [-0.39, 0.29) is 41.4 Å². The molecule has 1 atom stereocenters. The third-order valence-electron chi connectivity index (χ3n) is 7.48. The lowest BCUT2D eigenvalue weighted by atomic mass is 9.84. The molecule has 238 valence electrons. The summed E-state index contributed by atoms with van der Waals surface area (Å²) >= 11 is 7.55. The van der Waals surface area contributed by atoms with Gasteiger partial charge in [0.1, 0.15) is 23.2 Å².